The molecular weight excluding hydrogens is 1670 g/mol. The second kappa shape index (κ2) is 40.4. The highest BCUT2D eigenvalue weighted by Crippen LogP contribution is 2.50. The number of rotatable bonds is 17. The third kappa shape index (κ3) is 17.8. The lowest BCUT2D eigenvalue weighted by molar-refractivity contribution is -0.787. The van der Waals surface area contributed by atoms with Crippen molar-refractivity contribution in [3.05, 3.63) is 442 Å². The molecule has 2 aliphatic carbocycles. The maximum absolute atomic E-state index is 2.51. The first-order chi connectivity index (χ1) is 65.2. The molecule has 4 aliphatic heterocycles. The predicted molar refractivity (Wildman–Crippen MR) is 591 cm³/mol. The van der Waals surface area contributed by atoms with Crippen molar-refractivity contribution in [2.24, 2.45) is 11.8 Å². The Morgan fingerprint density at radius 2 is 0.507 bits per heavy atom. The quantitative estimate of drug-likeness (QED) is 0.0797. The summed E-state index contributed by atoms with van der Waals surface area (Å²) in [5, 5.41) is 6.85. The number of hydrogen-bond donors (Lipinski definition) is 0. The Kier molecular flexibility index (Phi) is 28.1. The minimum Gasteiger partial charge on any atom is -0.509 e. The summed E-state index contributed by atoms with van der Waals surface area (Å²) in [5.74, 6) is 1.42. The normalized spacial score (nSPS) is 18.6. The number of thiophene rings is 3. The number of aryl methyl sites for hydroxylation is 3. The predicted octanol–water partition coefficient (Wildman–Crippen LogP) is 25.4. The minimum atomic E-state index is -1.44. The third-order valence-electron chi connectivity index (χ3n) is 33.0. The van der Waals surface area contributed by atoms with E-state index in [0.29, 0.717) is 5.92 Å². The minimum absolute atomic E-state index is 0.640. The van der Waals surface area contributed by atoms with Crippen molar-refractivity contribution in [1.29, 1.82) is 0 Å². The molecule has 0 amide bonds. The van der Waals surface area contributed by atoms with Crippen molar-refractivity contribution in [1.82, 2.24) is 0 Å². The molecular formula is C123H136B4N4S3. The van der Waals surface area contributed by atoms with Crippen LogP contribution in [0.4, 0.5) is 0 Å². The monoisotopic (exact) mass is 1810 g/mol. The van der Waals surface area contributed by atoms with Gasteiger partial charge in [-0.25, -0.2) is 0 Å². The molecule has 2 fully saturated rings. The van der Waals surface area contributed by atoms with Crippen LogP contribution in [0.2, 0.25) is 0 Å². The van der Waals surface area contributed by atoms with Crippen LogP contribution < -0.4 is 42.3 Å². The summed E-state index contributed by atoms with van der Waals surface area (Å²) < 4.78 is 7.04. The standard InChI is InChI=1S/C48H48BN.C27H32BN.C24H30BNS3.C24H26BN/c1-50(2)36-35-47(43-21-13-6-14-22-43)48(44-25-23-40(24-26-44)37-15-7-3-8-16-37)49(50,45-31-27-41(28-32-45)38-17-9-4-10-18-38)46-33-29-42(30-34-46)39-19-11-5-12-20-39;1-21-8-14-24(15-9-21)27-7-6-20-29(4,5)28(27,25-16-10-22(2)11-17-25)26-18-12-23(3)13-19-26;1-26(2)15-14-20(19-9-4-3-5-10-19)24(21-11-6-16-27-21)25(26,22-12-7-17-28-22)23-13-8-18-29-23;1-26(2)20-12-19-24(21-13-6-3-7-14-21)25(26,22-15-8-4-9-16-22)23-17-10-5-11-18-23/h3-5,7-12,15-20,23-34,43H,6,13-14,21-22,35-36H2,1-2H3;7-19H,6,20H2,1-5H3;6-8,11-13,16-19H,3-5,9-10,14-15H2,1-2H3;3-11,13-19H,12,20H2,1-2H3. The van der Waals surface area contributed by atoms with Gasteiger partial charge < -0.3 is 17.6 Å². The van der Waals surface area contributed by atoms with Crippen molar-refractivity contribution >= 4 is 123 Å². The van der Waals surface area contributed by atoms with E-state index in [1.165, 1.54) is 193 Å². The second-order valence-electron chi connectivity index (χ2n) is 42.0. The fourth-order valence-corrected chi connectivity index (χ4v) is 29.7. The zero-order valence-electron chi connectivity index (χ0n) is 81.2. The van der Waals surface area contributed by atoms with E-state index in [1.807, 2.05) is 34.0 Å². The van der Waals surface area contributed by atoms with Crippen molar-refractivity contribution in [3.8, 4) is 33.4 Å². The maximum atomic E-state index is 2.51. The Labute approximate surface area is 814 Å². The molecule has 21 rings (SSSR count). The van der Waals surface area contributed by atoms with Crippen molar-refractivity contribution in [3.63, 3.8) is 0 Å². The molecule has 12 aromatic carbocycles. The molecule has 678 valence electrons. The van der Waals surface area contributed by atoms with Crippen LogP contribution in [-0.2, 0) is 0 Å². The van der Waals surface area contributed by atoms with Gasteiger partial charge in [-0.1, -0.05) is 451 Å². The van der Waals surface area contributed by atoms with Gasteiger partial charge in [0, 0.05) is 108 Å². The molecule has 7 heterocycles. The number of quaternary nitrogens is 4. The highest BCUT2D eigenvalue weighted by Gasteiger charge is 2.56. The zero-order valence-corrected chi connectivity index (χ0v) is 83.7. The molecule has 0 spiro atoms. The molecule has 0 saturated heterocycles. The molecule has 2 saturated carbocycles. The SMILES string of the molecule is C[N+]1(C)CCC(C2CCCCC2)=C(c2ccc(-c3ccccc3)cc2)[B-]1(c1ccc(-c2ccccc2)cc1)c1ccc(-c2ccccc2)cc1.C[N+]1(C)CCC(C2CCCCC2)=C(c2cccs2)[B-]1(c1cccs1)c1cccs1.C[N+]1(C)CCC=C(c2ccccc2)[B-]1(c1ccccc1)c1ccccc1.Cc1ccc(C2=CCC[N+](C)(C)[B-]2(c2ccc(C)cc2)c2ccc(C)cc2)cc1. The van der Waals surface area contributed by atoms with E-state index in [9.17, 15) is 0 Å². The van der Waals surface area contributed by atoms with Crippen molar-refractivity contribution < 1.29 is 17.6 Å². The first-order valence-corrected chi connectivity index (χ1v) is 52.6. The zero-order chi connectivity index (χ0) is 92.6. The van der Waals surface area contributed by atoms with Gasteiger partial charge in [-0.05, 0) is 119 Å². The van der Waals surface area contributed by atoms with Crippen LogP contribution >= 0.6 is 34.0 Å². The Morgan fingerprint density at radius 3 is 0.873 bits per heavy atom. The van der Waals surface area contributed by atoms with E-state index in [0.717, 1.165) is 62.4 Å². The lowest BCUT2D eigenvalue weighted by Gasteiger charge is -2.62. The van der Waals surface area contributed by atoms with Gasteiger partial charge in [-0.3, -0.25) is 0 Å². The van der Waals surface area contributed by atoms with Gasteiger partial charge >= 0.3 is 6.28 Å². The Balaban J connectivity index is 0.000000124. The Bertz CT molecular complexity index is 6300. The molecule has 0 bridgehead atoms. The van der Waals surface area contributed by atoms with E-state index in [1.54, 1.807) is 31.6 Å². The molecule has 15 aromatic rings. The highest BCUT2D eigenvalue weighted by atomic mass is 32.1. The van der Waals surface area contributed by atoms with Gasteiger partial charge in [-0.2, -0.15) is 22.7 Å². The number of hydrogen-bond acceptors (Lipinski definition) is 3. The fraction of sp³-hybridized carbons (Fsp3) is 0.252. The van der Waals surface area contributed by atoms with E-state index in [4.69, 9.17) is 0 Å². The molecule has 11 heteroatoms. The van der Waals surface area contributed by atoms with Crippen LogP contribution in [0.1, 0.15) is 128 Å². The molecule has 0 atom stereocenters. The summed E-state index contributed by atoms with van der Waals surface area (Å²) in [6.07, 6.45) is 18.5. The topological polar surface area (TPSA) is 0 Å². The van der Waals surface area contributed by atoms with Gasteiger partial charge in [0.2, 0.25) is 0 Å². The van der Waals surface area contributed by atoms with Crippen molar-refractivity contribution in [2.75, 3.05) is 82.6 Å². The molecule has 0 radical (unpaired) electrons. The first-order valence-electron chi connectivity index (χ1n) is 50.0. The Hall–Kier alpha value is -11.2. The fourth-order valence-electron chi connectivity index (χ4n) is 26.4. The van der Waals surface area contributed by atoms with Crippen LogP contribution in [0.15, 0.2) is 403 Å². The van der Waals surface area contributed by atoms with Gasteiger partial charge in [0.15, 0.2) is 0 Å². The molecule has 4 nitrogen and oxygen atoms in total. The summed E-state index contributed by atoms with van der Waals surface area (Å²) in [6, 6.07) is 136. The molecule has 3 aromatic heterocycles. The average Bonchev–Trinajstić information content (AvgIpc) is 0.744. The smallest absolute Gasteiger partial charge is 0.310 e. The lowest BCUT2D eigenvalue weighted by Crippen LogP contribution is -2.79. The van der Waals surface area contributed by atoms with Crippen LogP contribution in [0.25, 0.3) is 55.3 Å². The third-order valence-corrected chi connectivity index (χ3v) is 36.0. The summed E-state index contributed by atoms with van der Waals surface area (Å²) in [7, 11) is 19.6. The van der Waals surface area contributed by atoms with Gasteiger partial charge in [0.1, 0.15) is 0 Å². The molecule has 0 N–H and O–H groups in total. The highest BCUT2D eigenvalue weighted by molar-refractivity contribution is 7.39. The first kappa shape index (κ1) is 93.2. The summed E-state index contributed by atoms with van der Waals surface area (Å²) in [4.78, 5) is 1.51. The summed E-state index contributed by atoms with van der Waals surface area (Å²) in [6.45, 7) is 11.1. The van der Waals surface area contributed by atoms with E-state index < -0.39 is 25.1 Å². The summed E-state index contributed by atoms with van der Waals surface area (Å²) in [5.41, 5.74) is 33.9. The number of benzene rings is 12. The van der Waals surface area contributed by atoms with E-state index >= 15 is 0 Å². The Morgan fingerprint density at radius 1 is 0.231 bits per heavy atom. The molecule has 0 unspecified atom stereocenters. The number of nitrogens with zero attached hydrogens (tertiary/aromatic N) is 4. The molecule has 134 heavy (non-hydrogen) atoms. The van der Waals surface area contributed by atoms with E-state index in [-0.39, 0.29) is 0 Å². The van der Waals surface area contributed by atoms with Crippen molar-refractivity contribution in [2.45, 2.75) is 111 Å². The van der Waals surface area contributed by atoms with Gasteiger partial charge in [0.25, 0.3) is 18.8 Å². The molecule has 6 aliphatic rings. The summed E-state index contributed by atoms with van der Waals surface area (Å²) >= 11 is 5.89. The lowest BCUT2D eigenvalue weighted by atomic mass is 9.19. The van der Waals surface area contributed by atoms with Crippen LogP contribution in [0, 0.1) is 32.6 Å². The largest absolute Gasteiger partial charge is 0.509 e. The van der Waals surface area contributed by atoms with E-state index in [2.05, 4.69) is 469 Å². The van der Waals surface area contributed by atoms with Crippen LogP contribution in [-0.4, -0.2) is 125 Å². The average molecular weight is 1810 g/mol. The van der Waals surface area contributed by atoms with Crippen LogP contribution in [0.3, 0.4) is 0 Å². The van der Waals surface area contributed by atoms with Crippen LogP contribution in [0.5, 0.6) is 0 Å². The maximum Gasteiger partial charge on any atom is 0.310 e. The second-order valence-corrected chi connectivity index (χ2v) is 44.9. The van der Waals surface area contributed by atoms with Gasteiger partial charge in [0.05, 0.1) is 0 Å². The van der Waals surface area contributed by atoms with Gasteiger partial charge in [-0.15, -0.1) is 78.2 Å².